The first-order chi connectivity index (χ1) is 8.50. The number of carboxylic acid groups (broad SMARTS) is 1. The Labute approximate surface area is 104 Å². The Balaban J connectivity index is 2.20. The van der Waals surface area contributed by atoms with E-state index in [1.54, 1.807) is 0 Å². The number of hydrogen-bond donors (Lipinski definition) is 3. The maximum atomic E-state index is 11.4. The van der Waals surface area contributed by atoms with Gasteiger partial charge in [-0.25, -0.2) is 4.98 Å². The lowest BCUT2D eigenvalue weighted by Gasteiger charge is -2.35. The van der Waals surface area contributed by atoms with Crippen LogP contribution in [0.25, 0.3) is 0 Å². The number of anilines is 2. The number of rotatable bonds is 2. The molecular weight excluding hydrogens is 236 g/mol. The third-order valence-electron chi connectivity index (χ3n) is 3.39. The van der Waals surface area contributed by atoms with E-state index in [2.05, 4.69) is 9.97 Å². The van der Waals surface area contributed by atoms with Crippen LogP contribution in [0.4, 0.5) is 11.5 Å². The number of carboxylic acids is 1. The minimum Gasteiger partial charge on any atom is -0.481 e. The summed E-state index contributed by atoms with van der Waals surface area (Å²) in [4.78, 5) is 30.7. The lowest BCUT2D eigenvalue weighted by atomic mass is 9.87. The molecule has 0 radical (unpaired) electrons. The van der Waals surface area contributed by atoms with Gasteiger partial charge in [0, 0.05) is 13.1 Å². The summed E-state index contributed by atoms with van der Waals surface area (Å²) >= 11 is 0. The molecule has 2 atom stereocenters. The standard InChI is InChI=1S/C11H16N4O3/c1-6-4-15(3-2-7(6)11(17)18)9-8(12)10(16)14-5-13-9/h5-7H,2-4,12H2,1H3,(H,17,18)(H,13,14,16). The molecule has 0 amide bonds. The van der Waals surface area contributed by atoms with Crippen LogP contribution in [0.2, 0.25) is 0 Å². The van der Waals surface area contributed by atoms with E-state index in [0.717, 1.165) is 0 Å². The highest BCUT2D eigenvalue weighted by atomic mass is 16.4. The summed E-state index contributed by atoms with van der Waals surface area (Å²) in [7, 11) is 0. The van der Waals surface area contributed by atoms with Gasteiger partial charge in [-0.3, -0.25) is 9.59 Å². The Morgan fingerprint density at radius 3 is 3.00 bits per heavy atom. The summed E-state index contributed by atoms with van der Waals surface area (Å²) < 4.78 is 0. The van der Waals surface area contributed by atoms with Gasteiger partial charge in [0.2, 0.25) is 0 Å². The van der Waals surface area contributed by atoms with Crippen LogP contribution >= 0.6 is 0 Å². The smallest absolute Gasteiger partial charge is 0.306 e. The average Bonchev–Trinajstić information content (AvgIpc) is 2.32. The van der Waals surface area contributed by atoms with Crippen molar-refractivity contribution in [2.75, 3.05) is 23.7 Å². The van der Waals surface area contributed by atoms with Crippen molar-refractivity contribution in [3.8, 4) is 0 Å². The number of carbonyl (C=O) groups is 1. The van der Waals surface area contributed by atoms with Crippen molar-refractivity contribution in [2.45, 2.75) is 13.3 Å². The quantitative estimate of drug-likeness (QED) is 0.677. The number of nitrogen functional groups attached to an aromatic ring is 1. The number of hydrogen-bond acceptors (Lipinski definition) is 5. The molecule has 1 fully saturated rings. The van der Waals surface area contributed by atoms with Gasteiger partial charge in [0.05, 0.1) is 12.2 Å². The number of aliphatic carboxylic acids is 1. The molecule has 4 N–H and O–H groups in total. The zero-order valence-electron chi connectivity index (χ0n) is 10.1. The average molecular weight is 252 g/mol. The Kier molecular flexibility index (Phi) is 3.22. The molecule has 2 unspecified atom stereocenters. The van der Waals surface area contributed by atoms with E-state index in [1.165, 1.54) is 6.33 Å². The van der Waals surface area contributed by atoms with Crippen LogP contribution in [0.1, 0.15) is 13.3 Å². The predicted molar refractivity (Wildman–Crippen MR) is 66.4 cm³/mol. The Hall–Kier alpha value is -2.05. The van der Waals surface area contributed by atoms with Gasteiger partial charge in [-0.05, 0) is 12.3 Å². The molecule has 1 aromatic rings. The molecule has 0 aromatic carbocycles. The molecular formula is C11H16N4O3. The molecule has 2 rings (SSSR count). The highest BCUT2D eigenvalue weighted by Crippen LogP contribution is 2.27. The number of aromatic nitrogens is 2. The van der Waals surface area contributed by atoms with E-state index in [1.807, 2.05) is 11.8 Å². The van der Waals surface area contributed by atoms with E-state index in [4.69, 9.17) is 10.8 Å². The number of aromatic amines is 1. The monoisotopic (exact) mass is 252 g/mol. The van der Waals surface area contributed by atoms with Crippen LogP contribution in [-0.2, 0) is 4.79 Å². The molecule has 0 spiro atoms. The zero-order valence-corrected chi connectivity index (χ0v) is 10.1. The topological polar surface area (TPSA) is 112 Å². The van der Waals surface area contributed by atoms with Gasteiger partial charge in [0.25, 0.3) is 5.56 Å². The first-order valence-electron chi connectivity index (χ1n) is 5.81. The summed E-state index contributed by atoms with van der Waals surface area (Å²) in [5.41, 5.74) is 5.40. The van der Waals surface area contributed by atoms with E-state index < -0.39 is 5.97 Å². The summed E-state index contributed by atoms with van der Waals surface area (Å²) in [6.07, 6.45) is 1.84. The van der Waals surface area contributed by atoms with Crippen molar-refractivity contribution < 1.29 is 9.90 Å². The summed E-state index contributed by atoms with van der Waals surface area (Å²) in [6.45, 7) is 2.97. The fourth-order valence-corrected chi connectivity index (χ4v) is 2.36. The van der Waals surface area contributed by atoms with Crippen LogP contribution < -0.4 is 16.2 Å². The molecule has 2 heterocycles. The molecule has 18 heavy (non-hydrogen) atoms. The molecule has 0 saturated carbocycles. The van der Waals surface area contributed by atoms with Gasteiger partial charge in [-0.1, -0.05) is 6.92 Å². The predicted octanol–water partition coefficient (Wildman–Crippen LogP) is -0.101. The number of piperidine rings is 1. The highest BCUT2D eigenvalue weighted by Gasteiger charge is 2.32. The third-order valence-corrected chi connectivity index (χ3v) is 3.39. The van der Waals surface area contributed by atoms with Crippen LogP contribution in [-0.4, -0.2) is 34.1 Å². The fraction of sp³-hybridized carbons (Fsp3) is 0.545. The largest absolute Gasteiger partial charge is 0.481 e. The van der Waals surface area contributed by atoms with E-state index in [-0.39, 0.29) is 23.1 Å². The second kappa shape index (κ2) is 4.67. The number of nitrogens with two attached hydrogens (primary N) is 1. The van der Waals surface area contributed by atoms with Crippen molar-refractivity contribution in [1.82, 2.24) is 9.97 Å². The Morgan fingerprint density at radius 1 is 1.67 bits per heavy atom. The molecule has 1 aromatic heterocycles. The fourth-order valence-electron chi connectivity index (χ4n) is 2.36. The van der Waals surface area contributed by atoms with Crippen LogP contribution in [0.3, 0.4) is 0 Å². The van der Waals surface area contributed by atoms with Gasteiger partial charge in [0.1, 0.15) is 5.69 Å². The van der Waals surface area contributed by atoms with Crippen molar-refractivity contribution >= 4 is 17.5 Å². The Morgan fingerprint density at radius 2 is 2.39 bits per heavy atom. The van der Waals surface area contributed by atoms with Gasteiger partial charge in [0.15, 0.2) is 5.82 Å². The minimum absolute atomic E-state index is 0.00302. The summed E-state index contributed by atoms with van der Waals surface area (Å²) in [5, 5.41) is 9.05. The second-order valence-corrected chi connectivity index (χ2v) is 4.63. The van der Waals surface area contributed by atoms with Gasteiger partial charge in [-0.2, -0.15) is 0 Å². The summed E-state index contributed by atoms with van der Waals surface area (Å²) in [6, 6.07) is 0. The number of H-pyrrole nitrogens is 1. The first kappa shape index (κ1) is 12.4. The minimum atomic E-state index is -0.769. The maximum Gasteiger partial charge on any atom is 0.306 e. The molecule has 7 nitrogen and oxygen atoms in total. The lowest BCUT2D eigenvalue weighted by molar-refractivity contribution is -0.144. The lowest BCUT2D eigenvalue weighted by Crippen LogP contribution is -2.43. The molecule has 1 aliphatic heterocycles. The van der Waals surface area contributed by atoms with Crippen molar-refractivity contribution in [2.24, 2.45) is 11.8 Å². The molecule has 1 aliphatic rings. The van der Waals surface area contributed by atoms with Gasteiger partial charge < -0.3 is 20.7 Å². The van der Waals surface area contributed by atoms with Gasteiger partial charge in [-0.15, -0.1) is 0 Å². The van der Waals surface area contributed by atoms with Crippen LogP contribution in [0, 0.1) is 11.8 Å². The SMILES string of the molecule is CC1CN(c2nc[nH]c(=O)c2N)CCC1C(=O)O. The molecule has 98 valence electrons. The molecule has 0 bridgehead atoms. The molecule has 1 saturated heterocycles. The van der Waals surface area contributed by atoms with Crippen molar-refractivity contribution in [1.29, 1.82) is 0 Å². The molecule has 7 heteroatoms. The highest BCUT2D eigenvalue weighted by molar-refractivity contribution is 5.71. The van der Waals surface area contributed by atoms with E-state index in [9.17, 15) is 9.59 Å². The third kappa shape index (κ3) is 2.15. The first-order valence-corrected chi connectivity index (χ1v) is 5.81. The van der Waals surface area contributed by atoms with Crippen molar-refractivity contribution in [3.63, 3.8) is 0 Å². The van der Waals surface area contributed by atoms with Crippen LogP contribution in [0.5, 0.6) is 0 Å². The van der Waals surface area contributed by atoms with Crippen molar-refractivity contribution in [3.05, 3.63) is 16.7 Å². The molecule has 0 aliphatic carbocycles. The Bertz CT molecular complexity index is 513. The second-order valence-electron chi connectivity index (χ2n) is 4.63. The number of nitrogens with zero attached hydrogens (tertiary/aromatic N) is 2. The van der Waals surface area contributed by atoms with E-state index in [0.29, 0.717) is 25.3 Å². The summed E-state index contributed by atoms with van der Waals surface area (Å²) in [5.74, 6) is -0.676. The zero-order chi connectivity index (χ0) is 13.3. The van der Waals surface area contributed by atoms with Gasteiger partial charge >= 0.3 is 5.97 Å². The maximum absolute atomic E-state index is 11.4. The van der Waals surface area contributed by atoms with Crippen LogP contribution in [0.15, 0.2) is 11.1 Å². The normalized spacial score (nSPS) is 23.9. The number of nitrogens with one attached hydrogen (secondary N) is 1. The van der Waals surface area contributed by atoms with E-state index >= 15 is 0 Å².